The van der Waals surface area contributed by atoms with Crippen molar-refractivity contribution in [3.63, 3.8) is 0 Å². The monoisotopic (exact) mass is 730 g/mol. The number of rotatable bonds is 4. The van der Waals surface area contributed by atoms with Crippen molar-refractivity contribution in [3.05, 3.63) is 206 Å². The molecule has 0 amide bonds. The molecule has 0 aromatic heterocycles. The minimum absolute atomic E-state index is 1.23. The Morgan fingerprint density at radius 3 is 1.45 bits per heavy atom. The predicted octanol–water partition coefficient (Wildman–Crippen LogP) is 16.5. The molecule has 0 saturated carbocycles. The van der Waals surface area contributed by atoms with E-state index < -0.39 is 0 Å². The lowest BCUT2D eigenvalue weighted by Gasteiger charge is -2.19. The number of fused-ring (bicyclic) bond motifs is 9. The number of hydrogen-bond donors (Lipinski definition) is 0. The van der Waals surface area contributed by atoms with Gasteiger partial charge in [-0.3, -0.25) is 0 Å². The molecule has 0 heterocycles. The van der Waals surface area contributed by atoms with Crippen LogP contribution in [0.5, 0.6) is 0 Å². The fourth-order valence-electron chi connectivity index (χ4n) is 10.6. The smallest absolute Gasteiger partial charge is 0.000719 e. The van der Waals surface area contributed by atoms with E-state index in [1.807, 2.05) is 0 Å². The lowest BCUT2D eigenvalue weighted by Crippen LogP contribution is -1.91. The van der Waals surface area contributed by atoms with Gasteiger partial charge in [0.15, 0.2) is 0 Å². The van der Waals surface area contributed by atoms with Crippen molar-refractivity contribution in [2.24, 2.45) is 0 Å². The molecular formula is C58H34. The maximum absolute atomic E-state index is 2.52. The summed E-state index contributed by atoms with van der Waals surface area (Å²) in [5.41, 5.74) is 10.1. The summed E-state index contributed by atoms with van der Waals surface area (Å²) in [4.78, 5) is 0. The third kappa shape index (κ3) is 4.29. The minimum Gasteiger partial charge on any atom is -0.0622 e. The summed E-state index contributed by atoms with van der Waals surface area (Å²) in [6, 6.07) is 76.9. The molecule has 13 aromatic rings. The number of hydrogen-bond acceptors (Lipinski definition) is 0. The highest BCUT2D eigenvalue weighted by Gasteiger charge is 2.27. The molecule has 0 aliphatic heterocycles. The Hall–Kier alpha value is -7.54. The Kier molecular flexibility index (Phi) is 6.54. The van der Waals surface area contributed by atoms with Crippen LogP contribution in [-0.4, -0.2) is 0 Å². The molecule has 0 saturated heterocycles. The van der Waals surface area contributed by atoms with Crippen molar-refractivity contribution in [3.8, 4) is 44.5 Å². The van der Waals surface area contributed by atoms with E-state index in [0.29, 0.717) is 0 Å². The summed E-state index contributed by atoms with van der Waals surface area (Å²) in [7, 11) is 0. The van der Waals surface area contributed by atoms with Crippen LogP contribution in [0.2, 0.25) is 0 Å². The highest BCUT2D eigenvalue weighted by molar-refractivity contribution is 6.45. The molecule has 0 N–H and O–H groups in total. The summed E-state index contributed by atoms with van der Waals surface area (Å²) in [5, 5.41) is 21.0. The molecule has 0 atom stereocenters. The van der Waals surface area contributed by atoms with E-state index in [1.165, 1.54) is 131 Å². The molecule has 0 unspecified atom stereocenters. The van der Waals surface area contributed by atoms with Gasteiger partial charge >= 0.3 is 0 Å². The zero-order valence-electron chi connectivity index (χ0n) is 31.6. The van der Waals surface area contributed by atoms with Gasteiger partial charge in [0, 0.05) is 0 Å². The van der Waals surface area contributed by atoms with Gasteiger partial charge in [-0.15, -0.1) is 0 Å². The summed E-state index contributed by atoms with van der Waals surface area (Å²) < 4.78 is 0. The van der Waals surface area contributed by atoms with E-state index in [9.17, 15) is 0 Å². The molecule has 0 heteroatoms. The van der Waals surface area contributed by atoms with Gasteiger partial charge in [-0.1, -0.05) is 194 Å². The Balaban J connectivity index is 1.24. The van der Waals surface area contributed by atoms with Crippen molar-refractivity contribution in [2.75, 3.05) is 0 Å². The van der Waals surface area contributed by atoms with Crippen molar-refractivity contribution in [2.45, 2.75) is 0 Å². The van der Waals surface area contributed by atoms with E-state index in [2.05, 4.69) is 206 Å². The summed E-state index contributed by atoms with van der Waals surface area (Å²) >= 11 is 0. The number of benzene rings is 11. The lowest BCUT2D eigenvalue weighted by molar-refractivity contribution is 1.64. The average Bonchev–Trinajstić information content (AvgIpc) is 3.80. The van der Waals surface area contributed by atoms with Gasteiger partial charge in [-0.2, -0.15) is 0 Å². The van der Waals surface area contributed by atoms with Crippen LogP contribution in [0.3, 0.4) is 0 Å². The van der Waals surface area contributed by atoms with Crippen LogP contribution >= 0.6 is 0 Å². The third-order valence-corrected chi connectivity index (χ3v) is 12.9. The standard InChI is InChI=1S/C58H34/c1-4-15-35(16-5-1)39-30-29-36-21-12-24-41(49(36)33-39)43-31-32-48-54-45(43)26-14-28-47(54)58-53(38-19-8-3-9-20-38)56-46-27-13-25-44-40-22-10-11-23-42(40)50(55(44)46)34-51(56)52(57(48)58)37-17-6-2-7-18-37/h1-34H. The lowest BCUT2D eigenvalue weighted by atomic mass is 9.84. The molecular weight excluding hydrogens is 697 g/mol. The van der Waals surface area contributed by atoms with Gasteiger partial charge in [-0.25, -0.2) is 0 Å². The SMILES string of the molecule is c1ccc(-c2ccc3cccc(-c4ccc5c6c(-c7ccccc7)c7cc8c9ccccc9c9cccc(c7c(-c7ccccc7)c6c6cccc4c56)c98)c3c2)cc1. The highest BCUT2D eigenvalue weighted by Crippen LogP contribution is 2.55. The van der Waals surface area contributed by atoms with Gasteiger partial charge in [0.05, 0.1) is 0 Å². The predicted molar refractivity (Wildman–Crippen MR) is 251 cm³/mol. The first-order valence-electron chi connectivity index (χ1n) is 20.3. The van der Waals surface area contributed by atoms with E-state index >= 15 is 0 Å². The topological polar surface area (TPSA) is 0 Å². The minimum atomic E-state index is 1.23. The quantitative estimate of drug-likeness (QED) is 0.158. The fourth-order valence-corrected chi connectivity index (χ4v) is 10.6. The maximum Gasteiger partial charge on any atom is -0.000719 e. The molecule has 13 aromatic carbocycles. The first-order chi connectivity index (χ1) is 28.8. The van der Waals surface area contributed by atoms with Crippen LogP contribution in [0.1, 0.15) is 0 Å². The van der Waals surface area contributed by atoms with E-state index in [4.69, 9.17) is 0 Å². The third-order valence-electron chi connectivity index (χ3n) is 12.9. The molecule has 266 valence electrons. The Morgan fingerprint density at radius 1 is 0.190 bits per heavy atom. The maximum atomic E-state index is 2.52. The molecule has 0 spiro atoms. The van der Waals surface area contributed by atoms with Gasteiger partial charge in [0.25, 0.3) is 0 Å². The first-order valence-corrected chi connectivity index (χ1v) is 20.3. The second kappa shape index (κ2) is 12.0. The molecule has 0 bridgehead atoms. The van der Waals surface area contributed by atoms with Crippen LogP contribution < -0.4 is 0 Å². The van der Waals surface area contributed by atoms with Crippen molar-refractivity contribution >= 4 is 86.2 Å². The Bertz CT molecular complexity index is 3750. The first kappa shape index (κ1) is 31.6. The highest BCUT2D eigenvalue weighted by atomic mass is 14.3. The van der Waals surface area contributed by atoms with Crippen LogP contribution in [-0.2, 0) is 0 Å². The normalized spacial score (nSPS) is 12.1. The van der Waals surface area contributed by atoms with Crippen LogP contribution in [0.25, 0.3) is 131 Å². The zero-order valence-corrected chi connectivity index (χ0v) is 31.6. The van der Waals surface area contributed by atoms with Crippen LogP contribution in [0.15, 0.2) is 206 Å². The molecule has 0 radical (unpaired) electrons. The van der Waals surface area contributed by atoms with E-state index in [0.717, 1.165) is 0 Å². The van der Waals surface area contributed by atoms with Gasteiger partial charge in [0.2, 0.25) is 0 Å². The molecule has 0 aliphatic carbocycles. The molecule has 0 nitrogen and oxygen atoms in total. The van der Waals surface area contributed by atoms with Gasteiger partial charge in [0.1, 0.15) is 0 Å². The van der Waals surface area contributed by atoms with Crippen LogP contribution in [0, 0.1) is 0 Å². The Labute approximate surface area is 335 Å². The summed E-state index contributed by atoms with van der Waals surface area (Å²) in [6.45, 7) is 0. The fraction of sp³-hybridized carbons (Fsp3) is 0. The zero-order chi connectivity index (χ0) is 37.9. The largest absolute Gasteiger partial charge is 0.0622 e. The summed E-state index contributed by atoms with van der Waals surface area (Å²) in [5.74, 6) is 0. The van der Waals surface area contributed by atoms with Gasteiger partial charge in [-0.05, 0) is 143 Å². The van der Waals surface area contributed by atoms with Crippen molar-refractivity contribution < 1.29 is 0 Å². The Morgan fingerprint density at radius 2 is 0.707 bits per heavy atom. The van der Waals surface area contributed by atoms with E-state index in [1.54, 1.807) is 0 Å². The van der Waals surface area contributed by atoms with Gasteiger partial charge < -0.3 is 0 Å². The second-order valence-corrected chi connectivity index (χ2v) is 15.8. The van der Waals surface area contributed by atoms with Crippen molar-refractivity contribution in [1.82, 2.24) is 0 Å². The molecule has 58 heavy (non-hydrogen) atoms. The average molecular weight is 731 g/mol. The van der Waals surface area contributed by atoms with Crippen molar-refractivity contribution in [1.29, 1.82) is 0 Å². The van der Waals surface area contributed by atoms with Crippen LogP contribution in [0.4, 0.5) is 0 Å². The van der Waals surface area contributed by atoms with E-state index in [-0.39, 0.29) is 0 Å². The summed E-state index contributed by atoms with van der Waals surface area (Å²) in [6.07, 6.45) is 0. The molecule has 0 aliphatic rings. The molecule has 0 fully saturated rings. The second-order valence-electron chi connectivity index (χ2n) is 15.8. The molecule has 13 rings (SSSR count).